The molecule has 90 valence electrons. The Labute approximate surface area is 98.7 Å². The van der Waals surface area contributed by atoms with Crippen LogP contribution in [0.5, 0.6) is 0 Å². The SMILES string of the molecule is O=c1c2ccccc2nnn1CCCCCO. The van der Waals surface area contributed by atoms with Gasteiger partial charge in [-0.1, -0.05) is 17.3 Å². The van der Waals surface area contributed by atoms with Crippen molar-refractivity contribution < 1.29 is 5.11 Å². The maximum absolute atomic E-state index is 12.0. The zero-order valence-electron chi connectivity index (χ0n) is 9.54. The van der Waals surface area contributed by atoms with Crippen molar-refractivity contribution in [1.82, 2.24) is 15.0 Å². The molecule has 0 atom stereocenters. The Hall–Kier alpha value is -1.75. The summed E-state index contributed by atoms with van der Waals surface area (Å²) in [6.45, 7) is 0.745. The van der Waals surface area contributed by atoms with Crippen molar-refractivity contribution in [1.29, 1.82) is 0 Å². The first kappa shape index (κ1) is 11.7. The minimum Gasteiger partial charge on any atom is -0.396 e. The minimum atomic E-state index is -0.0976. The summed E-state index contributed by atoms with van der Waals surface area (Å²) in [5.41, 5.74) is 0.531. The van der Waals surface area contributed by atoms with E-state index in [1.807, 2.05) is 12.1 Å². The Morgan fingerprint density at radius 1 is 1.18 bits per heavy atom. The van der Waals surface area contributed by atoms with Crippen LogP contribution in [-0.4, -0.2) is 26.7 Å². The van der Waals surface area contributed by atoms with Gasteiger partial charge < -0.3 is 5.11 Å². The van der Waals surface area contributed by atoms with Gasteiger partial charge in [-0.05, 0) is 31.4 Å². The van der Waals surface area contributed by atoms with Crippen LogP contribution in [0.3, 0.4) is 0 Å². The number of fused-ring (bicyclic) bond motifs is 1. The highest BCUT2D eigenvalue weighted by atomic mass is 16.2. The molecule has 0 bridgehead atoms. The van der Waals surface area contributed by atoms with Crippen LogP contribution in [0.1, 0.15) is 19.3 Å². The lowest BCUT2D eigenvalue weighted by Gasteiger charge is -2.03. The summed E-state index contributed by atoms with van der Waals surface area (Å²) < 4.78 is 1.39. The van der Waals surface area contributed by atoms with Crippen LogP contribution in [0.4, 0.5) is 0 Å². The maximum Gasteiger partial charge on any atom is 0.277 e. The van der Waals surface area contributed by atoms with Crippen molar-refractivity contribution in [2.75, 3.05) is 6.61 Å². The average Bonchev–Trinajstić information content (AvgIpc) is 2.37. The lowest BCUT2D eigenvalue weighted by molar-refractivity contribution is 0.281. The number of aryl methyl sites for hydroxylation is 1. The van der Waals surface area contributed by atoms with Gasteiger partial charge in [0.2, 0.25) is 0 Å². The fraction of sp³-hybridized carbons (Fsp3) is 0.417. The van der Waals surface area contributed by atoms with Gasteiger partial charge in [-0.25, -0.2) is 4.68 Å². The lowest BCUT2D eigenvalue weighted by atomic mass is 10.2. The molecule has 0 aliphatic heterocycles. The molecule has 17 heavy (non-hydrogen) atoms. The highest BCUT2D eigenvalue weighted by Gasteiger charge is 2.03. The van der Waals surface area contributed by atoms with E-state index in [4.69, 9.17) is 5.11 Å². The van der Waals surface area contributed by atoms with Gasteiger partial charge in [0.1, 0.15) is 5.52 Å². The molecule has 0 saturated heterocycles. The Morgan fingerprint density at radius 3 is 2.82 bits per heavy atom. The summed E-state index contributed by atoms with van der Waals surface area (Å²) in [5, 5.41) is 17.2. The van der Waals surface area contributed by atoms with Crippen LogP contribution in [0.25, 0.3) is 10.9 Å². The van der Waals surface area contributed by atoms with Crippen LogP contribution < -0.4 is 5.56 Å². The monoisotopic (exact) mass is 233 g/mol. The van der Waals surface area contributed by atoms with Gasteiger partial charge in [0, 0.05) is 13.2 Å². The topological polar surface area (TPSA) is 68.0 Å². The molecular formula is C12H15N3O2. The third-order valence-corrected chi connectivity index (χ3v) is 2.66. The van der Waals surface area contributed by atoms with E-state index < -0.39 is 0 Å². The number of nitrogens with zero attached hydrogens (tertiary/aromatic N) is 3. The van der Waals surface area contributed by atoms with Gasteiger partial charge in [0.05, 0.1) is 5.39 Å². The highest BCUT2D eigenvalue weighted by molar-refractivity contribution is 5.76. The van der Waals surface area contributed by atoms with Crippen LogP contribution in [0, 0.1) is 0 Å². The van der Waals surface area contributed by atoms with Gasteiger partial charge >= 0.3 is 0 Å². The predicted molar refractivity (Wildman–Crippen MR) is 64.7 cm³/mol. The summed E-state index contributed by atoms with van der Waals surface area (Å²) >= 11 is 0. The summed E-state index contributed by atoms with van der Waals surface area (Å²) in [6.07, 6.45) is 2.47. The number of rotatable bonds is 5. The summed E-state index contributed by atoms with van der Waals surface area (Å²) in [4.78, 5) is 12.0. The second-order valence-electron chi connectivity index (χ2n) is 3.92. The lowest BCUT2D eigenvalue weighted by Crippen LogP contribution is -2.24. The number of hydrogen-bond acceptors (Lipinski definition) is 4. The van der Waals surface area contributed by atoms with E-state index in [1.54, 1.807) is 12.1 Å². The second-order valence-corrected chi connectivity index (χ2v) is 3.92. The van der Waals surface area contributed by atoms with E-state index in [9.17, 15) is 4.79 Å². The predicted octanol–water partition coefficient (Wildman–Crippen LogP) is 0.954. The number of aromatic nitrogens is 3. The van der Waals surface area contributed by atoms with Crippen LogP contribution in [0.2, 0.25) is 0 Å². The van der Waals surface area contributed by atoms with Crippen molar-refractivity contribution in [2.24, 2.45) is 0 Å². The quantitative estimate of drug-likeness (QED) is 0.781. The molecule has 5 nitrogen and oxygen atoms in total. The Morgan fingerprint density at radius 2 is 2.00 bits per heavy atom. The maximum atomic E-state index is 12.0. The van der Waals surface area contributed by atoms with Gasteiger partial charge in [-0.15, -0.1) is 5.10 Å². The van der Waals surface area contributed by atoms with E-state index >= 15 is 0 Å². The molecule has 1 heterocycles. The number of aliphatic hydroxyl groups excluding tert-OH is 1. The van der Waals surface area contributed by atoms with Gasteiger partial charge in [-0.3, -0.25) is 4.79 Å². The van der Waals surface area contributed by atoms with Gasteiger partial charge in [0.25, 0.3) is 5.56 Å². The molecule has 1 aromatic heterocycles. The molecule has 2 rings (SSSR count). The Bertz CT molecular complexity index is 551. The molecule has 1 N–H and O–H groups in total. The summed E-state index contributed by atoms with van der Waals surface area (Å²) in [6, 6.07) is 7.19. The average molecular weight is 233 g/mol. The van der Waals surface area contributed by atoms with Crippen molar-refractivity contribution in [3.63, 3.8) is 0 Å². The molecule has 0 unspecified atom stereocenters. The van der Waals surface area contributed by atoms with Crippen LogP contribution >= 0.6 is 0 Å². The minimum absolute atomic E-state index is 0.0976. The number of hydrogen-bond donors (Lipinski definition) is 1. The standard InChI is InChI=1S/C12H15N3O2/c16-9-5-1-4-8-15-12(17)10-6-2-3-7-11(10)13-14-15/h2-3,6-7,16H,1,4-5,8-9H2. The van der Waals surface area contributed by atoms with E-state index in [-0.39, 0.29) is 12.2 Å². The number of unbranched alkanes of at least 4 members (excludes halogenated alkanes) is 2. The summed E-state index contributed by atoms with van der Waals surface area (Å²) in [7, 11) is 0. The molecule has 2 aromatic rings. The fourth-order valence-corrected chi connectivity index (χ4v) is 1.72. The van der Waals surface area contributed by atoms with Crippen molar-refractivity contribution in [3.8, 4) is 0 Å². The molecule has 1 aromatic carbocycles. The molecule has 0 aliphatic rings. The summed E-state index contributed by atoms with van der Waals surface area (Å²) in [5.74, 6) is 0. The first-order chi connectivity index (χ1) is 8.33. The van der Waals surface area contributed by atoms with E-state index in [1.165, 1.54) is 4.68 Å². The third kappa shape index (κ3) is 2.68. The Kier molecular flexibility index (Phi) is 3.82. The highest BCUT2D eigenvalue weighted by Crippen LogP contribution is 2.04. The molecule has 0 fully saturated rings. The first-order valence-electron chi connectivity index (χ1n) is 5.76. The van der Waals surface area contributed by atoms with Crippen molar-refractivity contribution in [2.45, 2.75) is 25.8 Å². The molecular weight excluding hydrogens is 218 g/mol. The van der Waals surface area contributed by atoms with Crippen LogP contribution in [0.15, 0.2) is 29.1 Å². The number of benzene rings is 1. The van der Waals surface area contributed by atoms with Crippen molar-refractivity contribution >= 4 is 10.9 Å². The molecule has 5 heteroatoms. The normalized spacial score (nSPS) is 10.9. The van der Waals surface area contributed by atoms with Crippen LogP contribution in [-0.2, 0) is 6.54 Å². The number of aliphatic hydroxyl groups is 1. The van der Waals surface area contributed by atoms with Gasteiger partial charge in [-0.2, -0.15) is 0 Å². The van der Waals surface area contributed by atoms with E-state index in [0.717, 1.165) is 19.3 Å². The zero-order valence-corrected chi connectivity index (χ0v) is 9.54. The van der Waals surface area contributed by atoms with E-state index in [2.05, 4.69) is 10.3 Å². The van der Waals surface area contributed by atoms with Crippen molar-refractivity contribution in [3.05, 3.63) is 34.6 Å². The molecule has 0 aliphatic carbocycles. The molecule has 0 radical (unpaired) electrons. The van der Waals surface area contributed by atoms with E-state index in [0.29, 0.717) is 17.4 Å². The molecule has 0 amide bonds. The Balaban J connectivity index is 2.18. The smallest absolute Gasteiger partial charge is 0.277 e. The third-order valence-electron chi connectivity index (χ3n) is 2.66. The zero-order chi connectivity index (χ0) is 12.1. The fourth-order valence-electron chi connectivity index (χ4n) is 1.72. The molecule has 0 saturated carbocycles. The second kappa shape index (κ2) is 5.54. The first-order valence-corrected chi connectivity index (χ1v) is 5.76. The van der Waals surface area contributed by atoms with Gasteiger partial charge in [0.15, 0.2) is 0 Å². The molecule has 0 spiro atoms. The largest absolute Gasteiger partial charge is 0.396 e.